The van der Waals surface area contributed by atoms with Gasteiger partial charge in [0.25, 0.3) is 0 Å². The van der Waals surface area contributed by atoms with Gasteiger partial charge in [0.2, 0.25) is 0 Å². The standard InChI is InChI=1S/C24H23FN2O/c1-16-6-4-8-20(12-16)15-28-22-10-11-26-23-17(2)18(3)27(24(22)23)14-19-7-5-9-21(25)13-19/h4-13H,14-15H2,1-3H3. The van der Waals surface area contributed by atoms with Crippen molar-refractivity contribution in [3.8, 4) is 5.75 Å². The van der Waals surface area contributed by atoms with Crippen LogP contribution in [-0.4, -0.2) is 9.55 Å². The number of nitrogens with zero attached hydrogens (tertiary/aromatic N) is 2. The van der Waals surface area contributed by atoms with Crippen LogP contribution in [0, 0.1) is 26.6 Å². The van der Waals surface area contributed by atoms with E-state index >= 15 is 0 Å². The molecule has 4 rings (SSSR count). The molecule has 0 radical (unpaired) electrons. The maximum atomic E-state index is 13.7. The van der Waals surface area contributed by atoms with E-state index in [1.807, 2.05) is 18.2 Å². The van der Waals surface area contributed by atoms with Crippen LogP contribution >= 0.6 is 0 Å². The number of halogens is 1. The van der Waals surface area contributed by atoms with Crippen LogP contribution in [0.5, 0.6) is 5.75 Å². The minimum Gasteiger partial charge on any atom is -0.487 e. The predicted molar refractivity (Wildman–Crippen MR) is 110 cm³/mol. The zero-order valence-electron chi connectivity index (χ0n) is 16.4. The van der Waals surface area contributed by atoms with Crippen molar-refractivity contribution in [3.63, 3.8) is 0 Å². The summed E-state index contributed by atoms with van der Waals surface area (Å²) in [5.41, 5.74) is 7.35. The van der Waals surface area contributed by atoms with Crippen LogP contribution in [0.15, 0.2) is 60.8 Å². The van der Waals surface area contributed by atoms with Crippen LogP contribution in [0.1, 0.15) is 27.9 Å². The summed E-state index contributed by atoms with van der Waals surface area (Å²) in [6.45, 7) is 7.27. The minimum atomic E-state index is -0.225. The second-order valence-corrected chi connectivity index (χ2v) is 7.21. The molecular weight excluding hydrogens is 351 g/mol. The van der Waals surface area contributed by atoms with Gasteiger partial charge in [0.05, 0.1) is 5.52 Å². The zero-order valence-corrected chi connectivity index (χ0v) is 16.4. The molecule has 28 heavy (non-hydrogen) atoms. The van der Waals surface area contributed by atoms with E-state index in [-0.39, 0.29) is 5.82 Å². The molecule has 4 aromatic rings. The molecule has 2 heterocycles. The molecule has 142 valence electrons. The van der Waals surface area contributed by atoms with Crippen LogP contribution in [0.3, 0.4) is 0 Å². The highest BCUT2D eigenvalue weighted by Gasteiger charge is 2.17. The summed E-state index contributed by atoms with van der Waals surface area (Å²) in [6.07, 6.45) is 1.78. The summed E-state index contributed by atoms with van der Waals surface area (Å²) in [7, 11) is 0. The molecule has 0 N–H and O–H groups in total. The highest BCUT2D eigenvalue weighted by molar-refractivity contribution is 5.86. The van der Waals surface area contributed by atoms with Gasteiger partial charge in [0.15, 0.2) is 0 Å². The first-order valence-corrected chi connectivity index (χ1v) is 9.40. The van der Waals surface area contributed by atoms with Crippen LogP contribution in [0.2, 0.25) is 0 Å². The van der Waals surface area contributed by atoms with Gasteiger partial charge in [-0.15, -0.1) is 0 Å². The lowest BCUT2D eigenvalue weighted by Gasteiger charge is -2.13. The van der Waals surface area contributed by atoms with Crippen molar-refractivity contribution in [1.82, 2.24) is 9.55 Å². The Morgan fingerprint density at radius 2 is 1.75 bits per heavy atom. The lowest BCUT2D eigenvalue weighted by Crippen LogP contribution is -2.04. The first kappa shape index (κ1) is 18.2. The van der Waals surface area contributed by atoms with Gasteiger partial charge in [-0.2, -0.15) is 0 Å². The quantitative estimate of drug-likeness (QED) is 0.446. The molecule has 0 saturated carbocycles. The molecule has 0 aliphatic heterocycles. The van der Waals surface area contributed by atoms with Crippen LogP contribution < -0.4 is 4.74 Å². The Morgan fingerprint density at radius 1 is 0.964 bits per heavy atom. The van der Waals surface area contributed by atoms with Crippen molar-refractivity contribution in [3.05, 3.63) is 94.6 Å². The molecule has 3 nitrogen and oxygen atoms in total. The number of aromatic nitrogens is 2. The normalized spacial score (nSPS) is 11.1. The summed E-state index contributed by atoms with van der Waals surface area (Å²) < 4.78 is 22.0. The smallest absolute Gasteiger partial charge is 0.147 e. The summed E-state index contributed by atoms with van der Waals surface area (Å²) in [4.78, 5) is 4.58. The maximum absolute atomic E-state index is 13.7. The van der Waals surface area contributed by atoms with E-state index in [1.54, 1.807) is 18.3 Å². The minimum absolute atomic E-state index is 0.225. The number of pyridine rings is 1. The number of fused-ring (bicyclic) bond motifs is 1. The summed E-state index contributed by atoms with van der Waals surface area (Å²) in [6, 6.07) is 16.9. The van der Waals surface area contributed by atoms with Crippen molar-refractivity contribution in [2.45, 2.75) is 33.9 Å². The molecule has 0 amide bonds. The van der Waals surface area contributed by atoms with E-state index in [9.17, 15) is 4.39 Å². The molecular formula is C24H23FN2O. The van der Waals surface area contributed by atoms with Crippen LogP contribution in [0.4, 0.5) is 4.39 Å². The fourth-order valence-electron chi connectivity index (χ4n) is 3.61. The third kappa shape index (κ3) is 3.50. The van der Waals surface area contributed by atoms with Crippen molar-refractivity contribution >= 4 is 11.0 Å². The Kier molecular flexibility index (Phi) is 4.86. The largest absolute Gasteiger partial charge is 0.487 e. The summed E-state index contributed by atoms with van der Waals surface area (Å²) in [5, 5.41) is 0. The number of hydrogen-bond acceptors (Lipinski definition) is 2. The van der Waals surface area contributed by atoms with Gasteiger partial charge >= 0.3 is 0 Å². The number of benzene rings is 2. The molecule has 0 fully saturated rings. The molecule has 0 spiro atoms. The van der Waals surface area contributed by atoms with Gasteiger partial charge in [0.1, 0.15) is 23.7 Å². The summed E-state index contributed by atoms with van der Waals surface area (Å²) in [5.74, 6) is 0.566. The van der Waals surface area contributed by atoms with E-state index in [4.69, 9.17) is 4.74 Å². The number of hydrogen-bond donors (Lipinski definition) is 0. The van der Waals surface area contributed by atoms with Gasteiger partial charge in [-0.05, 0) is 49.6 Å². The molecule has 2 aromatic heterocycles. The maximum Gasteiger partial charge on any atom is 0.147 e. The van der Waals surface area contributed by atoms with Crippen LogP contribution in [-0.2, 0) is 13.2 Å². The molecule has 4 heteroatoms. The average Bonchev–Trinajstić information content (AvgIpc) is 2.92. The fraction of sp³-hybridized carbons (Fsp3) is 0.208. The second kappa shape index (κ2) is 7.47. The van der Waals surface area contributed by atoms with Crippen molar-refractivity contribution in [2.24, 2.45) is 0 Å². The first-order chi connectivity index (χ1) is 13.5. The van der Waals surface area contributed by atoms with Gasteiger partial charge in [-0.25, -0.2) is 4.39 Å². The van der Waals surface area contributed by atoms with E-state index in [0.717, 1.165) is 39.2 Å². The van der Waals surface area contributed by atoms with E-state index in [0.29, 0.717) is 13.2 Å². The molecule has 0 aliphatic carbocycles. The second-order valence-electron chi connectivity index (χ2n) is 7.21. The Labute approximate surface area is 164 Å². The highest BCUT2D eigenvalue weighted by atomic mass is 19.1. The summed E-state index contributed by atoms with van der Waals surface area (Å²) >= 11 is 0. The lowest BCUT2D eigenvalue weighted by atomic mass is 10.1. The van der Waals surface area contributed by atoms with Gasteiger partial charge in [0, 0.05) is 24.5 Å². The van der Waals surface area contributed by atoms with E-state index in [1.165, 1.54) is 11.6 Å². The molecule has 2 aromatic carbocycles. The van der Waals surface area contributed by atoms with Crippen molar-refractivity contribution < 1.29 is 9.13 Å². The third-order valence-corrected chi connectivity index (χ3v) is 5.17. The number of ether oxygens (including phenoxy) is 1. The Morgan fingerprint density at radius 3 is 2.54 bits per heavy atom. The third-order valence-electron chi connectivity index (χ3n) is 5.17. The molecule has 0 aliphatic rings. The molecule has 0 atom stereocenters. The van der Waals surface area contributed by atoms with E-state index in [2.05, 4.69) is 48.5 Å². The van der Waals surface area contributed by atoms with Gasteiger partial charge in [-0.3, -0.25) is 4.98 Å². The fourth-order valence-corrected chi connectivity index (χ4v) is 3.61. The Hall–Kier alpha value is -3.14. The number of aryl methyl sites for hydroxylation is 2. The number of rotatable bonds is 5. The molecule has 0 bridgehead atoms. The van der Waals surface area contributed by atoms with Gasteiger partial charge in [-0.1, -0.05) is 42.0 Å². The Balaban J connectivity index is 1.74. The zero-order chi connectivity index (χ0) is 19.7. The monoisotopic (exact) mass is 374 g/mol. The van der Waals surface area contributed by atoms with Crippen LogP contribution in [0.25, 0.3) is 11.0 Å². The first-order valence-electron chi connectivity index (χ1n) is 9.40. The predicted octanol–water partition coefficient (Wildman–Crippen LogP) is 5.73. The van der Waals surface area contributed by atoms with E-state index < -0.39 is 0 Å². The topological polar surface area (TPSA) is 27.1 Å². The van der Waals surface area contributed by atoms with Crippen molar-refractivity contribution in [2.75, 3.05) is 0 Å². The lowest BCUT2D eigenvalue weighted by molar-refractivity contribution is 0.308. The Bertz CT molecular complexity index is 1150. The molecule has 0 unspecified atom stereocenters. The van der Waals surface area contributed by atoms with Crippen molar-refractivity contribution in [1.29, 1.82) is 0 Å². The average molecular weight is 374 g/mol. The van der Waals surface area contributed by atoms with Gasteiger partial charge < -0.3 is 9.30 Å². The SMILES string of the molecule is Cc1cccc(COc2ccnc3c(C)c(C)n(Cc4cccc(F)c4)c23)c1. The highest BCUT2D eigenvalue weighted by Crippen LogP contribution is 2.32. The molecule has 0 saturated heterocycles.